The number of pyridine rings is 1. The normalized spacial score (nSPS) is 12.3. The summed E-state index contributed by atoms with van der Waals surface area (Å²) in [6, 6.07) is 7.23. The number of hydrogen-bond acceptors (Lipinski definition) is 5. The van der Waals surface area contributed by atoms with Crippen LogP contribution in [0.2, 0.25) is 0 Å². The van der Waals surface area contributed by atoms with Crippen LogP contribution in [0.5, 0.6) is 5.75 Å². The molecular weight excluding hydrogens is 379 g/mol. The molecule has 1 heterocycles. The summed E-state index contributed by atoms with van der Waals surface area (Å²) in [4.78, 5) is 9.66. The number of aliphatic hydroxyl groups excluding tert-OH is 1. The first-order chi connectivity index (χ1) is 11.2. The maximum absolute atomic E-state index is 13.5. The lowest BCUT2D eigenvalue weighted by molar-refractivity contribution is 0.00110. The lowest BCUT2D eigenvalue weighted by Gasteiger charge is -2.17. The van der Waals surface area contributed by atoms with Crippen molar-refractivity contribution in [2.75, 3.05) is 0 Å². The van der Waals surface area contributed by atoms with E-state index in [0.29, 0.717) is 11.3 Å². The lowest BCUT2D eigenvalue weighted by Crippen LogP contribution is -2.18. The zero-order chi connectivity index (χ0) is 17.9. The summed E-state index contributed by atoms with van der Waals surface area (Å²) in [5.41, 5.74) is 0.688. The molecule has 128 valence electrons. The van der Waals surface area contributed by atoms with Crippen LogP contribution in [-0.4, -0.2) is 26.5 Å². The van der Waals surface area contributed by atoms with Crippen molar-refractivity contribution in [2.24, 2.45) is 5.16 Å². The molecule has 2 N–H and O–H groups in total. The second-order valence-corrected chi connectivity index (χ2v) is 6.96. The number of aromatic nitrogens is 1. The first-order valence-electron chi connectivity index (χ1n) is 7.23. The van der Waals surface area contributed by atoms with Gasteiger partial charge < -0.3 is 15.1 Å². The van der Waals surface area contributed by atoms with Crippen molar-refractivity contribution in [1.29, 1.82) is 0 Å². The highest BCUT2D eigenvalue weighted by Gasteiger charge is 2.19. The number of hydrogen-bond donors (Lipinski definition) is 2. The molecule has 0 amide bonds. The Morgan fingerprint density at radius 1 is 1.29 bits per heavy atom. The summed E-state index contributed by atoms with van der Waals surface area (Å²) in [6.45, 7) is 5.19. The van der Waals surface area contributed by atoms with Crippen LogP contribution in [0.3, 0.4) is 0 Å². The molecule has 0 atom stereocenters. The van der Waals surface area contributed by atoms with Gasteiger partial charge in [0.2, 0.25) is 0 Å². The first kappa shape index (κ1) is 18.4. The number of halogens is 2. The summed E-state index contributed by atoms with van der Waals surface area (Å²) in [5.74, 6) is -0.542. The Bertz CT molecular complexity index is 773. The van der Waals surface area contributed by atoms with Crippen LogP contribution < -0.4 is 0 Å². The smallest absolute Gasteiger partial charge is 0.143 e. The molecule has 0 aliphatic heterocycles. The van der Waals surface area contributed by atoms with Gasteiger partial charge >= 0.3 is 0 Å². The molecule has 0 radical (unpaired) electrons. The topological polar surface area (TPSA) is 74.9 Å². The minimum atomic E-state index is -0.563. The van der Waals surface area contributed by atoms with Crippen molar-refractivity contribution in [3.63, 3.8) is 0 Å². The minimum absolute atomic E-state index is 0.121. The summed E-state index contributed by atoms with van der Waals surface area (Å²) >= 11 is 3.13. The molecule has 0 unspecified atom stereocenters. The molecule has 0 saturated carbocycles. The third-order valence-corrected chi connectivity index (χ3v) is 3.53. The summed E-state index contributed by atoms with van der Waals surface area (Å²) < 4.78 is 13.8. The maximum atomic E-state index is 13.5. The van der Waals surface area contributed by atoms with E-state index in [2.05, 4.69) is 26.1 Å². The molecule has 1 aromatic heterocycles. The summed E-state index contributed by atoms with van der Waals surface area (Å²) in [5, 5.41) is 23.5. The monoisotopic (exact) mass is 396 g/mol. The molecular formula is C17H18BrFN2O3. The van der Waals surface area contributed by atoms with E-state index >= 15 is 0 Å². The SMILES string of the molecule is CC(C)(C)O/N=C(/c1ccc(F)c(Br)c1)c1nc(CO)ccc1O. The number of nitrogens with zero attached hydrogens (tertiary/aromatic N) is 2. The van der Waals surface area contributed by atoms with Crippen molar-refractivity contribution >= 4 is 21.6 Å². The van der Waals surface area contributed by atoms with Crippen molar-refractivity contribution in [3.8, 4) is 5.75 Å². The van der Waals surface area contributed by atoms with Gasteiger partial charge in [-0.05, 0) is 67.0 Å². The quantitative estimate of drug-likeness (QED) is 0.609. The third kappa shape index (κ3) is 4.52. The Labute approximate surface area is 147 Å². The Morgan fingerprint density at radius 2 is 2.00 bits per heavy atom. The van der Waals surface area contributed by atoms with Crippen molar-refractivity contribution < 1.29 is 19.4 Å². The van der Waals surface area contributed by atoms with E-state index in [4.69, 9.17) is 4.84 Å². The fourth-order valence-electron chi connectivity index (χ4n) is 1.81. The molecule has 2 aromatic rings. The van der Waals surface area contributed by atoms with Gasteiger partial charge in [-0.15, -0.1) is 0 Å². The van der Waals surface area contributed by atoms with Crippen LogP contribution >= 0.6 is 15.9 Å². The summed E-state index contributed by atoms with van der Waals surface area (Å²) in [7, 11) is 0. The van der Waals surface area contributed by atoms with Crippen LogP contribution in [0, 0.1) is 5.82 Å². The van der Waals surface area contributed by atoms with E-state index in [1.54, 1.807) is 0 Å². The molecule has 0 aliphatic carbocycles. The zero-order valence-electron chi connectivity index (χ0n) is 13.5. The number of rotatable bonds is 4. The molecule has 2 rings (SSSR count). The first-order valence-corrected chi connectivity index (χ1v) is 8.02. The minimum Gasteiger partial charge on any atom is -0.506 e. The number of benzene rings is 1. The van der Waals surface area contributed by atoms with E-state index < -0.39 is 11.4 Å². The van der Waals surface area contributed by atoms with Crippen LogP contribution in [0.1, 0.15) is 37.7 Å². The van der Waals surface area contributed by atoms with Crippen molar-refractivity contribution in [1.82, 2.24) is 4.98 Å². The second-order valence-electron chi connectivity index (χ2n) is 6.10. The zero-order valence-corrected chi connectivity index (χ0v) is 15.1. The highest BCUT2D eigenvalue weighted by atomic mass is 79.9. The molecule has 0 aliphatic rings. The Hall–Kier alpha value is -1.99. The van der Waals surface area contributed by atoms with Gasteiger partial charge in [0, 0.05) is 5.56 Å². The molecule has 1 aromatic carbocycles. The summed E-state index contributed by atoms with van der Waals surface area (Å²) in [6.07, 6.45) is 0. The number of aliphatic hydroxyl groups is 1. The predicted molar refractivity (Wildman–Crippen MR) is 92.4 cm³/mol. The number of oxime groups is 1. The standard InChI is InChI=1S/C17H18BrFN2O3/c1-17(2,3)24-21-15(10-4-6-13(19)12(18)8-10)16-14(23)7-5-11(9-22)20-16/h4-8,22-23H,9H2,1-3H3/b21-15-. The van der Waals surface area contributed by atoms with E-state index in [9.17, 15) is 14.6 Å². The molecule has 0 spiro atoms. The van der Waals surface area contributed by atoms with E-state index in [1.807, 2.05) is 20.8 Å². The van der Waals surface area contributed by atoms with Gasteiger partial charge in [0.25, 0.3) is 0 Å². The van der Waals surface area contributed by atoms with Crippen molar-refractivity contribution in [2.45, 2.75) is 33.0 Å². The third-order valence-electron chi connectivity index (χ3n) is 2.92. The average Bonchev–Trinajstić information content (AvgIpc) is 2.51. The molecule has 0 saturated heterocycles. The van der Waals surface area contributed by atoms with Gasteiger partial charge in [-0.2, -0.15) is 0 Å². The van der Waals surface area contributed by atoms with Crippen LogP contribution in [-0.2, 0) is 11.4 Å². The van der Waals surface area contributed by atoms with Gasteiger partial charge in [-0.25, -0.2) is 9.37 Å². The highest BCUT2D eigenvalue weighted by Crippen LogP contribution is 2.24. The Kier molecular flexibility index (Phi) is 5.56. The lowest BCUT2D eigenvalue weighted by atomic mass is 10.1. The van der Waals surface area contributed by atoms with Crippen LogP contribution in [0.4, 0.5) is 4.39 Å². The molecule has 24 heavy (non-hydrogen) atoms. The largest absolute Gasteiger partial charge is 0.506 e. The maximum Gasteiger partial charge on any atom is 0.143 e. The van der Waals surface area contributed by atoms with Crippen molar-refractivity contribution in [3.05, 3.63) is 57.6 Å². The highest BCUT2D eigenvalue weighted by molar-refractivity contribution is 9.10. The van der Waals surface area contributed by atoms with Gasteiger partial charge in [0.05, 0.1) is 16.8 Å². The van der Waals surface area contributed by atoms with Gasteiger partial charge in [0.1, 0.15) is 28.6 Å². The van der Waals surface area contributed by atoms with Gasteiger partial charge in [-0.1, -0.05) is 5.16 Å². The number of aromatic hydroxyl groups is 1. The fourth-order valence-corrected chi connectivity index (χ4v) is 2.19. The van der Waals surface area contributed by atoms with E-state index in [0.717, 1.165) is 0 Å². The van der Waals surface area contributed by atoms with Crippen LogP contribution in [0.15, 0.2) is 40.0 Å². The molecule has 7 heteroatoms. The predicted octanol–water partition coefficient (Wildman–Crippen LogP) is 3.75. The van der Waals surface area contributed by atoms with E-state index in [-0.39, 0.29) is 28.2 Å². The van der Waals surface area contributed by atoms with E-state index in [1.165, 1.54) is 30.3 Å². The van der Waals surface area contributed by atoms with Gasteiger partial charge in [0.15, 0.2) is 0 Å². The molecule has 5 nitrogen and oxygen atoms in total. The second kappa shape index (κ2) is 7.27. The van der Waals surface area contributed by atoms with Gasteiger partial charge in [-0.3, -0.25) is 0 Å². The fraction of sp³-hybridized carbons (Fsp3) is 0.294. The Balaban J connectivity index is 2.61. The molecule has 0 bridgehead atoms. The average molecular weight is 397 g/mol. The Morgan fingerprint density at radius 3 is 2.58 bits per heavy atom. The molecule has 0 fully saturated rings. The van der Waals surface area contributed by atoms with Crippen LogP contribution in [0.25, 0.3) is 0 Å².